The summed E-state index contributed by atoms with van der Waals surface area (Å²) in [6, 6.07) is 0. The molecular formula is C3H9NO5S2. The molecule has 0 amide bonds. The first-order valence-electron chi connectivity index (χ1n) is 2.69. The van der Waals surface area contributed by atoms with Crippen molar-refractivity contribution in [2.45, 2.75) is 0 Å². The van der Waals surface area contributed by atoms with Gasteiger partial charge in [-0.3, -0.25) is 4.55 Å². The molecule has 0 spiro atoms. The summed E-state index contributed by atoms with van der Waals surface area (Å²) in [5, 5.41) is 2.31. The molecule has 0 fully saturated rings. The lowest BCUT2D eigenvalue weighted by Crippen LogP contribution is -2.24. The minimum atomic E-state index is -3.98. The van der Waals surface area contributed by atoms with Crippen LogP contribution in [-0.4, -0.2) is 39.6 Å². The zero-order valence-electron chi connectivity index (χ0n) is 5.56. The van der Waals surface area contributed by atoms with Crippen LogP contribution in [0.4, 0.5) is 0 Å². The van der Waals surface area contributed by atoms with Gasteiger partial charge < -0.3 is 5.32 Å². The lowest BCUT2D eigenvalue weighted by Gasteiger charge is -1.96. The number of hydrogen-bond acceptors (Lipinski definition) is 5. The molecule has 0 aliphatic heterocycles. The zero-order chi connectivity index (χ0) is 8.91. The van der Waals surface area contributed by atoms with E-state index in [1.807, 2.05) is 0 Å². The molecule has 0 saturated carbocycles. The fourth-order valence-corrected chi connectivity index (χ4v) is 1.11. The van der Waals surface area contributed by atoms with Crippen LogP contribution in [-0.2, 0) is 20.8 Å². The highest BCUT2D eigenvalue weighted by Gasteiger charge is 2.02. The van der Waals surface area contributed by atoms with Crippen LogP contribution in [0.5, 0.6) is 0 Å². The Morgan fingerprint density at radius 3 is 2.27 bits per heavy atom. The van der Waals surface area contributed by atoms with Gasteiger partial charge in [0.2, 0.25) is 0 Å². The van der Waals surface area contributed by atoms with E-state index in [2.05, 4.69) is 5.32 Å². The van der Waals surface area contributed by atoms with E-state index in [1.165, 1.54) is 0 Å². The Labute approximate surface area is 66.3 Å². The van der Waals surface area contributed by atoms with Crippen molar-refractivity contribution in [1.82, 2.24) is 5.32 Å². The van der Waals surface area contributed by atoms with Crippen LogP contribution in [0.25, 0.3) is 0 Å². The third kappa shape index (κ3) is 9.82. The van der Waals surface area contributed by atoms with Crippen LogP contribution in [0.3, 0.4) is 0 Å². The van der Waals surface area contributed by atoms with Gasteiger partial charge in [0, 0.05) is 6.54 Å². The summed E-state index contributed by atoms with van der Waals surface area (Å²) in [6.45, 7) is -0.0673. The molecular weight excluding hydrogens is 194 g/mol. The lowest BCUT2D eigenvalue weighted by atomic mass is 10.8. The average molecular weight is 203 g/mol. The third-order valence-electron chi connectivity index (χ3n) is 0.778. The molecule has 68 valence electrons. The molecule has 0 aromatic rings. The van der Waals surface area contributed by atoms with E-state index >= 15 is 0 Å². The number of rotatable bonds is 5. The molecule has 0 rings (SSSR count). The molecule has 0 aromatic carbocycles. The molecule has 0 aromatic heterocycles. The number of nitrogens with one attached hydrogen (secondary N) is 1. The first-order valence-corrected chi connectivity index (χ1v) is 5.66. The maximum Gasteiger partial charge on any atom is 0.266 e. The van der Waals surface area contributed by atoms with E-state index in [0.29, 0.717) is 0 Å². The van der Waals surface area contributed by atoms with E-state index in [1.54, 1.807) is 0 Å². The fourth-order valence-electron chi connectivity index (χ4n) is 0.371. The van der Waals surface area contributed by atoms with Crippen molar-refractivity contribution in [3.8, 4) is 0 Å². The SMILES string of the molecule is O=[SH](=O)CNCCS(=O)(=O)O. The van der Waals surface area contributed by atoms with E-state index in [9.17, 15) is 16.8 Å². The zero-order valence-corrected chi connectivity index (χ0v) is 7.27. The molecule has 6 nitrogen and oxygen atoms in total. The summed E-state index contributed by atoms with van der Waals surface area (Å²) in [4.78, 5) is 0. The lowest BCUT2D eigenvalue weighted by molar-refractivity contribution is 0.481. The van der Waals surface area contributed by atoms with Crippen molar-refractivity contribution in [2.75, 3.05) is 18.2 Å². The first-order chi connectivity index (χ1) is 4.92. The Hall–Kier alpha value is -0.180. The molecule has 0 heterocycles. The average Bonchev–Trinajstić information content (AvgIpc) is 1.78. The van der Waals surface area contributed by atoms with Crippen LogP contribution in [0.2, 0.25) is 0 Å². The highest BCUT2D eigenvalue weighted by Crippen LogP contribution is 1.77. The van der Waals surface area contributed by atoms with E-state index in [-0.39, 0.29) is 12.4 Å². The predicted molar refractivity (Wildman–Crippen MR) is 39.6 cm³/mol. The van der Waals surface area contributed by atoms with Crippen molar-refractivity contribution in [3.63, 3.8) is 0 Å². The summed E-state index contributed by atoms with van der Waals surface area (Å²) in [5.41, 5.74) is 0. The van der Waals surface area contributed by atoms with Gasteiger partial charge in [-0.05, 0) is 0 Å². The van der Waals surface area contributed by atoms with Crippen LogP contribution >= 0.6 is 0 Å². The second kappa shape index (κ2) is 4.65. The first kappa shape index (κ1) is 10.8. The van der Waals surface area contributed by atoms with Crippen molar-refractivity contribution in [1.29, 1.82) is 0 Å². The monoisotopic (exact) mass is 203 g/mol. The third-order valence-corrected chi connectivity index (χ3v) is 1.98. The van der Waals surface area contributed by atoms with E-state index in [4.69, 9.17) is 4.55 Å². The summed E-state index contributed by atoms with van der Waals surface area (Å²) < 4.78 is 48.0. The Balaban J connectivity index is 3.44. The molecule has 0 bridgehead atoms. The summed E-state index contributed by atoms with van der Waals surface area (Å²) in [5.74, 6) is -0.749. The fraction of sp³-hybridized carbons (Fsp3) is 1.00. The Kier molecular flexibility index (Phi) is 4.57. The molecule has 0 radical (unpaired) electrons. The normalized spacial score (nSPS) is 12.2. The van der Waals surface area contributed by atoms with Gasteiger partial charge in [-0.15, -0.1) is 0 Å². The molecule has 2 N–H and O–H groups in total. The topological polar surface area (TPSA) is 101 Å². The Morgan fingerprint density at radius 2 is 1.91 bits per heavy atom. The largest absolute Gasteiger partial charge is 0.303 e. The van der Waals surface area contributed by atoms with Gasteiger partial charge >= 0.3 is 0 Å². The predicted octanol–water partition coefficient (Wildman–Crippen LogP) is -1.97. The molecule has 11 heavy (non-hydrogen) atoms. The van der Waals surface area contributed by atoms with Gasteiger partial charge in [-0.1, -0.05) is 0 Å². The van der Waals surface area contributed by atoms with Gasteiger partial charge in [-0.2, -0.15) is 8.42 Å². The quantitative estimate of drug-likeness (QED) is 0.272. The van der Waals surface area contributed by atoms with Crippen LogP contribution in [0.1, 0.15) is 0 Å². The van der Waals surface area contributed by atoms with E-state index in [0.717, 1.165) is 0 Å². The molecule has 0 aliphatic rings. The summed E-state index contributed by atoms with van der Waals surface area (Å²) >= 11 is 0. The summed E-state index contributed by atoms with van der Waals surface area (Å²) in [6.07, 6.45) is 0. The molecule has 0 aliphatic carbocycles. The standard InChI is InChI=1S/C3H9NO5S2/c5-10(6)3-4-1-2-11(7,8)9/h4,10H,1-3H2,(H,7,8,9). The second-order valence-corrected chi connectivity index (χ2v) is 4.33. The van der Waals surface area contributed by atoms with Crippen molar-refractivity contribution in [2.24, 2.45) is 0 Å². The van der Waals surface area contributed by atoms with Crippen molar-refractivity contribution >= 4 is 20.8 Å². The summed E-state index contributed by atoms with van der Waals surface area (Å²) in [7, 11) is -6.52. The molecule has 0 unspecified atom stereocenters. The molecule has 8 heteroatoms. The highest BCUT2D eigenvalue weighted by atomic mass is 32.2. The second-order valence-electron chi connectivity index (χ2n) is 1.78. The maximum absolute atomic E-state index is 10.0. The minimum Gasteiger partial charge on any atom is -0.303 e. The number of thiol groups is 1. The van der Waals surface area contributed by atoms with Gasteiger partial charge in [0.25, 0.3) is 10.1 Å². The maximum atomic E-state index is 10.0. The van der Waals surface area contributed by atoms with Gasteiger partial charge in [0.05, 0.1) is 11.6 Å². The molecule has 0 saturated heterocycles. The van der Waals surface area contributed by atoms with Gasteiger partial charge in [-0.25, -0.2) is 8.42 Å². The van der Waals surface area contributed by atoms with Crippen LogP contribution < -0.4 is 5.32 Å². The van der Waals surface area contributed by atoms with Crippen molar-refractivity contribution < 1.29 is 21.4 Å². The molecule has 0 atom stereocenters. The smallest absolute Gasteiger partial charge is 0.266 e. The van der Waals surface area contributed by atoms with Crippen LogP contribution in [0, 0.1) is 0 Å². The van der Waals surface area contributed by atoms with Crippen molar-refractivity contribution in [3.05, 3.63) is 0 Å². The number of hydrogen-bond donors (Lipinski definition) is 3. The minimum absolute atomic E-state index is 0.0673. The van der Waals surface area contributed by atoms with Gasteiger partial charge in [0.15, 0.2) is 10.7 Å². The Morgan fingerprint density at radius 1 is 1.36 bits per heavy atom. The van der Waals surface area contributed by atoms with E-state index < -0.39 is 26.6 Å². The Bertz CT molecular complexity index is 257. The van der Waals surface area contributed by atoms with Crippen LogP contribution in [0.15, 0.2) is 0 Å². The van der Waals surface area contributed by atoms with Gasteiger partial charge in [0.1, 0.15) is 0 Å². The highest BCUT2D eigenvalue weighted by molar-refractivity contribution is 7.85.